The van der Waals surface area contributed by atoms with E-state index in [0.29, 0.717) is 6.54 Å². The van der Waals surface area contributed by atoms with Gasteiger partial charge in [0.15, 0.2) is 0 Å². The van der Waals surface area contributed by atoms with E-state index >= 15 is 0 Å². The highest BCUT2D eigenvalue weighted by molar-refractivity contribution is 9.10. The van der Waals surface area contributed by atoms with E-state index in [1.165, 1.54) is 11.3 Å². The molecule has 3 rings (SSSR count). The number of carbonyl (C=O) groups is 1. The van der Waals surface area contributed by atoms with E-state index < -0.39 is 0 Å². The summed E-state index contributed by atoms with van der Waals surface area (Å²) in [5.41, 5.74) is 1.13. The minimum atomic E-state index is 0.0730. The highest BCUT2D eigenvalue weighted by atomic mass is 79.9. The summed E-state index contributed by atoms with van der Waals surface area (Å²) in [5.74, 6) is 0.0730. The third-order valence-electron chi connectivity index (χ3n) is 3.79. The van der Waals surface area contributed by atoms with Gasteiger partial charge in [0.2, 0.25) is 0 Å². The fraction of sp³-hybridized carbons (Fsp3) is 0.353. The first-order valence-corrected chi connectivity index (χ1v) is 8.97. The van der Waals surface area contributed by atoms with Gasteiger partial charge < -0.3 is 9.64 Å². The molecule has 5 heteroatoms. The SMILES string of the molecule is CN(CC1CCCO1)C(=O)c1ccc(-c2ccc(Br)cc2)s1. The number of rotatable bonds is 4. The standard InChI is InChI=1S/C17H18BrNO2S/c1-19(11-14-3-2-10-21-14)17(20)16-9-8-15(22-16)12-4-6-13(18)7-5-12/h4-9,14H,2-3,10-11H2,1H3. The monoisotopic (exact) mass is 379 g/mol. The number of thiophene rings is 1. The molecule has 2 heterocycles. The zero-order valence-electron chi connectivity index (χ0n) is 12.4. The van der Waals surface area contributed by atoms with Gasteiger partial charge in [0, 0.05) is 29.5 Å². The molecule has 2 aromatic rings. The van der Waals surface area contributed by atoms with Crippen molar-refractivity contribution < 1.29 is 9.53 Å². The fourth-order valence-electron chi connectivity index (χ4n) is 2.59. The van der Waals surface area contributed by atoms with Gasteiger partial charge in [0.1, 0.15) is 0 Å². The van der Waals surface area contributed by atoms with Gasteiger partial charge in [-0.25, -0.2) is 0 Å². The Morgan fingerprint density at radius 1 is 1.32 bits per heavy atom. The lowest BCUT2D eigenvalue weighted by atomic mass is 10.2. The predicted octanol–water partition coefficient (Wildman–Crippen LogP) is 4.43. The van der Waals surface area contributed by atoms with Crippen LogP contribution in [0.15, 0.2) is 40.9 Å². The van der Waals surface area contributed by atoms with E-state index in [-0.39, 0.29) is 12.0 Å². The molecule has 1 aliphatic rings. The summed E-state index contributed by atoms with van der Waals surface area (Å²) in [6.45, 7) is 1.49. The Morgan fingerprint density at radius 3 is 2.77 bits per heavy atom. The molecule has 1 atom stereocenters. The van der Waals surface area contributed by atoms with Crippen LogP contribution in [0, 0.1) is 0 Å². The third-order valence-corrected chi connectivity index (χ3v) is 5.44. The van der Waals surface area contributed by atoms with Crippen LogP contribution in [0.2, 0.25) is 0 Å². The molecule has 1 unspecified atom stereocenters. The molecule has 0 saturated carbocycles. The molecule has 1 aromatic heterocycles. The topological polar surface area (TPSA) is 29.5 Å². The van der Waals surface area contributed by atoms with Crippen LogP contribution in [0.4, 0.5) is 0 Å². The van der Waals surface area contributed by atoms with E-state index in [9.17, 15) is 4.79 Å². The van der Waals surface area contributed by atoms with Crippen molar-refractivity contribution in [1.29, 1.82) is 0 Å². The number of hydrogen-bond acceptors (Lipinski definition) is 3. The Bertz CT molecular complexity index is 647. The van der Waals surface area contributed by atoms with Gasteiger partial charge in [-0.2, -0.15) is 0 Å². The Morgan fingerprint density at radius 2 is 2.09 bits per heavy atom. The first kappa shape index (κ1) is 15.7. The highest BCUT2D eigenvalue weighted by Gasteiger charge is 2.21. The Labute approximate surface area is 143 Å². The number of amides is 1. The van der Waals surface area contributed by atoms with Crippen molar-refractivity contribution in [3.05, 3.63) is 45.7 Å². The van der Waals surface area contributed by atoms with E-state index in [2.05, 4.69) is 28.1 Å². The minimum absolute atomic E-state index is 0.0730. The van der Waals surface area contributed by atoms with Crippen LogP contribution in [0.5, 0.6) is 0 Å². The quantitative estimate of drug-likeness (QED) is 0.786. The molecule has 0 N–H and O–H groups in total. The summed E-state index contributed by atoms with van der Waals surface area (Å²) < 4.78 is 6.66. The number of likely N-dealkylation sites (N-methyl/N-ethyl adjacent to an activating group) is 1. The zero-order chi connectivity index (χ0) is 15.5. The van der Waals surface area contributed by atoms with Gasteiger partial charge in [-0.05, 0) is 42.7 Å². The lowest BCUT2D eigenvalue weighted by Crippen LogP contribution is -2.33. The first-order valence-electron chi connectivity index (χ1n) is 7.36. The molecule has 1 aliphatic heterocycles. The molecular formula is C17H18BrNO2S. The summed E-state index contributed by atoms with van der Waals surface area (Å²) in [7, 11) is 1.85. The van der Waals surface area contributed by atoms with E-state index in [1.807, 2.05) is 31.3 Å². The van der Waals surface area contributed by atoms with Crippen LogP contribution in [0.3, 0.4) is 0 Å². The third kappa shape index (κ3) is 3.59. The second-order valence-corrected chi connectivity index (χ2v) is 7.49. The average Bonchev–Trinajstić information content (AvgIpc) is 3.18. The Kier molecular flexibility index (Phi) is 4.96. The number of halogens is 1. The van der Waals surface area contributed by atoms with Crippen molar-refractivity contribution in [2.45, 2.75) is 18.9 Å². The van der Waals surface area contributed by atoms with Gasteiger partial charge in [0.25, 0.3) is 5.91 Å². The summed E-state index contributed by atoms with van der Waals surface area (Å²) in [6.07, 6.45) is 2.34. The van der Waals surface area contributed by atoms with Crippen molar-refractivity contribution >= 4 is 33.2 Å². The normalized spacial score (nSPS) is 17.6. The fourth-order valence-corrected chi connectivity index (χ4v) is 3.86. The Balaban J connectivity index is 1.69. The van der Waals surface area contributed by atoms with Crippen LogP contribution in [-0.2, 0) is 4.74 Å². The lowest BCUT2D eigenvalue weighted by molar-refractivity contribution is 0.0590. The summed E-state index contributed by atoms with van der Waals surface area (Å²) in [5, 5.41) is 0. The summed E-state index contributed by atoms with van der Waals surface area (Å²) in [4.78, 5) is 16.2. The van der Waals surface area contributed by atoms with Crippen molar-refractivity contribution in [1.82, 2.24) is 4.90 Å². The van der Waals surface area contributed by atoms with Crippen LogP contribution in [0.25, 0.3) is 10.4 Å². The molecule has 0 bridgehead atoms. The zero-order valence-corrected chi connectivity index (χ0v) is 14.8. The molecule has 0 spiro atoms. The van der Waals surface area contributed by atoms with Crippen molar-refractivity contribution in [3.8, 4) is 10.4 Å². The number of benzene rings is 1. The molecule has 1 fully saturated rings. The average molecular weight is 380 g/mol. The molecule has 3 nitrogen and oxygen atoms in total. The molecule has 0 radical (unpaired) electrons. The van der Waals surface area contributed by atoms with E-state index in [4.69, 9.17) is 4.74 Å². The number of ether oxygens (including phenoxy) is 1. The van der Waals surface area contributed by atoms with Crippen LogP contribution in [0.1, 0.15) is 22.5 Å². The van der Waals surface area contributed by atoms with Crippen molar-refractivity contribution in [2.75, 3.05) is 20.2 Å². The van der Waals surface area contributed by atoms with Crippen LogP contribution in [-0.4, -0.2) is 37.1 Å². The molecule has 1 aromatic carbocycles. The summed E-state index contributed by atoms with van der Waals surface area (Å²) in [6, 6.07) is 12.1. The Hall–Kier alpha value is -1.17. The maximum Gasteiger partial charge on any atom is 0.263 e. The number of carbonyl (C=O) groups excluding carboxylic acids is 1. The largest absolute Gasteiger partial charge is 0.376 e. The second kappa shape index (κ2) is 6.94. The molecular weight excluding hydrogens is 362 g/mol. The predicted molar refractivity (Wildman–Crippen MR) is 93.4 cm³/mol. The van der Waals surface area contributed by atoms with Crippen molar-refractivity contribution in [2.24, 2.45) is 0 Å². The maximum atomic E-state index is 12.5. The molecule has 22 heavy (non-hydrogen) atoms. The van der Waals surface area contributed by atoms with Crippen LogP contribution >= 0.6 is 27.3 Å². The highest BCUT2D eigenvalue weighted by Crippen LogP contribution is 2.29. The molecule has 1 saturated heterocycles. The van der Waals surface area contributed by atoms with E-state index in [0.717, 1.165) is 39.2 Å². The van der Waals surface area contributed by atoms with Gasteiger partial charge in [-0.15, -0.1) is 11.3 Å². The van der Waals surface area contributed by atoms with Crippen molar-refractivity contribution in [3.63, 3.8) is 0 Å². The maximum absolute atomic E-state index is 12.5. The molecule has 116 valence electrons. The number of hydrogen-bond donors (Lipinski definition) is 0. The van der Waals surface area contributed by atoms with E-state index in [1.54, 1.807) is 4.90 Å². The minimum Gasteiger partial charge on any atom is -0.376 e. The van der Waals surface area contributed by atoms with Gasteiger partial charge >= 0.3 is 0 Å². The summed E-state index contributed by atoms with van der Waals surface area (Å²) >= 11 is 4.98. The molecule has 1 amide bonds. The van der Waals surface area contributed by atoms with Crippen LogP contribution < -0.4 is 0 Å². The lowest BCUT2D eigenvalue weighted by Gasteiger charge is -2.20. The number of nitrogens with zero attached hydrogens (tertiary/aromatic N) is 1. The molecule has 0 aliphatic carbocycles. The van der Waals surface area contributed by atoms with Gasteiger partial charge in [0.05, 0.1) is 11.0 Å². The van der Waals surface area contributed by atoms with Gasteiger partial charge in [-0.3, -0.25) is 4.79 Å². The van der Waals surface area contributed by atoms with Gasteiger partial charge in [-0.1, -0.05) is 28.1 Å². The first-order chi connectivity index (χ1) is 10.6. The smallest absolute Gasteiger partial charge is 0.263 e. The second-order valence-electron chi connectivity index (χ2n) is 5.49.